The van der Waals surface area contributed by atoms with Gasteiger partial charge in [-0.25, -0.2) is 0 Å². The van der Waals surface area contributed by atoms with Crippen molar-refractivity contribution in [2.75, 3.05) is 13.7 Å². The lowest BCUT2D eigenvalue weighted by Crippen LogP contribution is -2.28. The Kier molecular flexibility index (Phi) is 6.76. The minimum atomic E-state index is 0.0712. The summed E-state index contributed by atoms with van der Waals surface area (Å²) in [5, 5.41) is 2.81. The Morgan fingerprint density at radius 1 is 1.50 bits per heavy atom. The van der Waals surface area contributed by atoms with Crippen LogP contribution in [0.4, 0.5) is 0 Å². The first-order valence-corrected chi connectivity index (χ1v) is 4.54. The van der Waals surface area contributed by atoms with Crippen LogP contribution in [-0.2, 0) is 9.53 Å². The summed E-state index contributed by atoms with van der Waals surface area (Å²) in [6.07, 6.45) is 2.42. The molecule has 0 saturated heterocycles. The lowest BCUT2D eigenvalue weighted by molar-refractivity contribution is -0.123. The number of methoxy groups -OCH3 is 1. The summed E-state index contributed by atoms with van der Waals surface area (Å²) >= 11 is 0. The third-order valence-corrected chi connectivity index (χ3v) is 1.77. The van der Waals surface area contributed by atoms with E-state index in [9.17, 15) is 4.79 Å². The molecule has 0 spiro atoms. The number of ether oxygens (including phenoxy) is 1. The molecule has 1 N–H and O–H groups in total. The van der Waals surface area contributed by atoms with Crippen molar-refractivity contribution in [3.8, 4) is 0 Å². The molecule has 0 aromatic carbocycles. The highest BCUT2D eigenvalue weighted by atomic mass is 16.5. The Morgan fingerprint density at radius 2 is 2.17 bits per heavy atom. The molecule has 1 amide bonds. The van der Waals surface area contributed by atoms with E-state index >= 15 is 0 Å². The number of rotatable bonds is 6. The molecule has 72 valence electrons. The van der Waals surface area contributed by atoms with Crippen molar-refractivity contribution in [3.63, 3.8) is 0 Å². The van der Waals surface area contributed by atoms with Crippen LogP contribution in [0.25, 0.3) is 0 Å². The first-order chi connectivity index (χ1) is 5.74. The lowest BCUT2D eigenvalue weighted by atomic mass is 10.2. The fraction of sp³-hybridized carbons (Fsp3) is 0.889. The summed E-state index contributed by atoms with van der Waals surface area (Å²) in [6.45, 7) is 4.81. The third-order valence-electron chi connectivity index (χ3n) is 1.77. The van der Waals surface area contributed by atoms with Crippen LogP contribution in [0.1, 0.15) is 33.1 Å². The highest BCUT2D eigenvalue weighted by Crippen LogP contribution is 2.01. The summed E-state index contributed by atoms with van der Waals surface area (Å²) in [7, 11) is 1.64. The second-order valence-corrected chi connectivity index (χ2v) is 2.82. The van der Waals surface area contributed by atoms with Gasteiger partial charge in [-0.2, -0.15) is 0 Å². The van der Waals surface area contributed by atoms with E-state index in [4.69, 9.17) is 4.74 Å². The average molecular weight is 173 g/mol. The number of hydrogen-bond acceptors (Lipinski definition) is 2. The molecule has 0 bridgehead atoms. The van der Waals surface area contributed by atoms with Gasteiger partial charge in [0.15, 0.2) is 0 Å². The summed E-state index contributed by atoms with van der Waals surface area (Å²) < 4.78 is 5.09. The van der Waals surface area contributed by atoms with Crippen molar-refractivity contribution >= 4 is 5.91 Å². The van der Waals surface area contributed by atoms with Gasteiger partial charge in [-0.3, -0.25) is 4.79 Å². The molecule has 1 atom stereocenters. The number of carbonyl (C=O) groups is 1. The SMILES string of the molecule is CCCNC(=O)C[C@H](CC)OC. The van der Waals surface area contributed by atoms with E-state index in [2.05, 4.69) is 5.32 Å². The van der Waals surface area contributed by atoms with Crippen molar-refractivity contribution in [3.05, 3.63) is 0 Å². The highest BCUT2D eigenvalue weighted by Gasteiger charge is 2.09. The van der Waals surface area contributed by atoms with Crippen molar-refractivity contribution in [1.29, 1.82) is 0 Å². The first kappa shape index (κ1) is 11.4. The van der Waals surface area contributed by atoms with Gasteiger partial charge in [0.1, 0.15) is 0 Å². The maximum atomic E-state index is 11.1. The fourth-order valence-electron chi connectivity index (χ4n) is 0.938. The van der Waals surface area contributed by atoms with Gasteiger partial charge in [-0.05, 0) is 12.8 Å². The first-order valence-electron chi connectivity index (χ1n) is 4.54. The molecule has 12 heavy (non-hydrogen) atoms. The van der Waals surface area contributed by atoms with Crippen LogP contribution in [0.15, 0.2) is 0 Å². The van der Waals surface area contributed by atoms with Crippen molar-refractivity contribution in [2.45, 2.75) is 39.2 Å². The zero-order valence-electron chi connectivity index (χ0n) is 8.22. The number of amides is 1. The zero-order chi connectivity index (χ0) is 9.40. The van der Waals surface area contributed by atoms with Crippen LogP contribution in [0.3, 0.4) is 0 Å². The van der Waals surface area contributed by atoms with Gasteiger partial charge < -0.3 is 10.1 Å². The molecule has 0 aliphatic rings. The Bertz CT molecular complexity index is 122. The smallest absolute Gasteiger partial charge is 0.222 e. The molecule has 0 aliphatic heterocycles. The Morgan fingerprint density at radius 3 is 2.58 bits per heavy atom. The van der Waals surface area contributed by atoms with Gasteiger partial charge in [0.05, 0.1) is 12.5 Å². The molecule has 0 aliphatic carbocycles. The van der Waals surface area contributed by atoms with E-state index in [1.807, 2.05) is 13.8 Å². The largest absolute Gasteiger partial charge is 0.381 e. The molecule has 3 heteroatoms. The normalized spacial score (nSPS) is 12.6. The minimum Gasteiger partial charge on any atom is -0.381 e. The van der Waals surface area contributed by atoms with E-state index in [-0.39, 0.29) is 12.0 Å². The quantitative estimate of drug-likeness (QED) is 0.658. The van der Waals surface area contributed by atoms with Gasteiger partial charge in [0.25, 0.3) is 0 Å². The average Bonchev–Trinajstić information content (AvgIpc) is 2.10. The molecular weight excluding hydrogens is 154 g/mol. The fourth-order valence-corrected chi connectivity index (χ4v) is 0.938. The molecule has 0 radical (unpaired) electrons. The topological polar surface area (TPSA) is 38.3 Å². The Hall–Kier alpha value is -0.570. The molecule has 0 aromatic rings. The van der Waals surface area contributed by atoms with E-state index in [0.717, 1.165) is 19.4 Å². The van der Waals surface area contributed by atoms with Crippen molar-refractivity contribution in [1.82, 2.24) is 5.32 Å². The monoisotopic (exact) mass is 173 g/mol. The van der Waals surface area contributed by atoms with Gasteiger partial charge in [0.2, 0.25) is 5.91 Å². The van der Waals surface area contributed by atoms with E-state index < -0.39 is 0 Å². The van der Waals surface area contributed by atoms with Crippen LogP contribution in [0.5, 0.6) is 0 Å². The Labute approximate surface area is 74.5 Å². The van der Waals surface area contributed by atoms with Crippen LogP contribution in [0, 0.1) is 0 Å². The van der Waals surface area contributed by atoms with Gasteiger partial charge in [-0.15, -0.1) is 0 Å². The number of hydrogen-bond donors (Lipinski definition) is 1. The summed E-state index contributed by atoms with van der Waals surface area (Å²) in [5.41, 5.74) is 0. The van der Waals surface area contributed by atoms with Gasteiger partial charge >= 0.3 is 0 Å². The molecule has 0 rings (SSSR count). The van der Waals surface area contributed by atoms with Crippen molar-refractivity contribution in [2.24, 2.45) is 0 Å². The standard InChI is InChI=1S/C9H19NO2/c1-4-6-10-9(11)7-8(5-2)12-3/h8H,4-7H2,1-3H3,(H,10,11)/t8-/m0/s1. The van der Waals surface area contributed by atoms with Crippen LogP contribution >= 0.6 is 0 Å². The summed E-state index contributed by atoms with van der Waals surface area (Å²) in [5.74, 6) is 0.0885. The molecule has 0 heterocycles. The molecule has 0 unspecified atom stereocenters. The maximum Gasteiger partial charge on any atom is 0.222 e. The predicted molar refractivity (Wildman–Crippen MR) is 49.0 cm³/mol. The van der Waals surface area contributed by atoms with Gasteiger partial charge in [-0.1, -0.05) is 13.8 Å². The maximum absolute atomic E-state index is 11.1. The highest BCUT2D eigenvalue weighted by molar-refractivity contribution is 5.76. The van der Waals surface area contributed by atoms with E-state index in [1.54, 1.807) is 7.11 Å². The number of carbonyl (C=O) groups excluding carboxylic acids is 1. The van der Waals surface area contributed by atoms with E-state index in [0.29, 0.717) is 6.42 Å². The Balaban J connectivity index is 3.52. The summed E-state index contributed by atoms with van der Waals surface area (Å²) in [6, 6.07) is 0. The lowest BCUT2D eigenvalue weighted by Gasteiger charge is -2.11. The molecule has 0 fully saturated rings. The predicted octanol–water partition coefficient (Wildman–Crippen LogP) is 1.33. The third kappa shape index (κ3) is 5.13. The summed E-state index contributed by atoms with van der Waals surface area (Å²) in [4.78, 5) is 11.1. The second kappa shape index (κ2) is 7.10. The molecular formula is C9H19NO2. The van der Waals surface area contributed by atoms with Crippen LogP contribution in [0.2, 0.25) is 0 Å². The minimum absolute atomic E-state index is 0.0712. The number of nitrogens with one attached hydrogen (secondary N) is 1. The second-order valence-electron chi connectivity index (χ2n) is 2.82. The van der Waals surface area contributed by atoms with Crippen LogP contribution in [-0.4, -0.2) is 25.7 Å². The zero-order valence-corrected chi connectivity index (χ0v) is 8.22. The van der Waals surface area contributed by atoms with Gasteiger partial charge in [0, 0.05) is 13.7 Å². The molecule has 3 nitrogen and oxygen atoms in total. The molecule has 0 saturated carbocycles. The molecule has 0 aromatic heterocycles. The van der Waals surface area contributed by atoms with Crippen molar-refractivity contribution < 1.29 is 9.53 Å². The van der Waals surface area contributed by atoms with Crippen LogP contribution < -0.4 is 5.32 Å². The van der Waals surface area contributed by atoms with E-state index in [1.165, 1.54) is 0 Å².